The van der Waals surface area contributed by atoms with Gasteiger partial charge in [-0.1, -0.05) is 23.7 Å². The first-order chi connectivity index (χ1) is 12.7. The number of carbonyl (C=O) groups excluding carboxylic acids is 1. The summed E-state index contributed by atoms with van der Waals surface area (Å²) in [5, 5.41) is 4.86. The summed E-state index contributed by atoms with van der Waals surface area (Å²) in [6.07, 6.45) is -2.97. The number of benzene rings is 1. The summed E-state index contributed by atoms with van der Waals surface area (Å²) in [6, 6.07) is 4.68. The van der Waals surface area contributed by atoms with Gasteiger partial charge in [-0.05, 0) is 38.4 Å². The fourth-order valence-corrected chi connectivity index (χ4v) is 3.81. The van der Waals surface area contributed by atoms with Crippen molar-refractivity contribution >= 4 is 17.4 Å². The van der Waals surface area contributed by atoms with Crippen LogP contribution in [0.15, 0.2) is 24.3 Å². The molecule has 0 aliphatic carbocycles. The second-order valence-corrected chi connectivity index (χ2v) is 7.35. The number of aromatic nitrogens is 2. The molecule has 0 unspecified atom stereocenters. The maximum Gasteiger partial charge on any atom is 0.416 e. The van der Waals surface area contributed by atoms with Gasteiger partial charge in [-0.2, -0.15) is 18.3 Å². The molecule has 0 bridgehead atoms. The minimum atomic E-state index is -4.45. The minimum Gasteiger partial charge on any atom is -0.298 e. The third-order valence-corrected chi connectivity index (χ3v) is 5.48. The van der Waals surface area contributed by atoms with Crippen molar-refractivity contribution < 1.29 is 18.0 Å². The van der Waals surface area contributed by atoms with Gasteiger partial charge in [-0.15, -0.1) is 0 Å². The largest absolute Gasteiger partial charge is 0.416 e. The number of Topliss-reactive ketones (excluding diaryl/α,β-unsaturated/α-hetero) is 1. The number of rotatable bonds is 4. The summed E-state index contributed by atoms with van der Waals surface area (Å²) in [5.74, 6) is -0.558. The summed E-state index contributed by atoms with van der Waals surface area (Å²) >= 11 is 6.29. The van der Waals surface area contributed by atoms with Gasteiger partial charge in [0.15, 0.2) is 5.78 Å². The molecule has 2 aromatic rings. The summed E-state index contributed by atoms with van der Waals surface area (Å²) in [7, 11) is 1.77. The van der Waals surface area contributed by atoms with E-state index in [4.69, 9.17) is 11.6 Å². The lowest BCUT2D eigenvalue weighted by Gasteiger charge is -2.32. The molecule has 1 aromatic carbocycles. The number of likely N-dealkylation sites (tertiary alicyclic amines) is 1. The Morgan fingerprint density at radius 1 is 1.37 bits per heavy atom. The Morgan fingerprint density at radius 3 is 2.74 bits per heavy atom. The van der Waals surface area contributed by atoms with E-state index < -0.39 is 11.7 Å². The molecule has 1 aliphatic rings. The topological polar surface area (TPSA) is 38.1 Å². The molecule has 0 saturated carbocycles. The van der Waals surface area contributed by atoms with Crippen molar-refractivity contribution in [1.82, 2.24) is 14.7 Å². The standard InChI is InChI=1S/C19H21ClF3N3O/c1-12-16(18(20)25(2)24-12)11-26-8-4-6-14(10-26)17(27)13-5-3-7-15(9-13)19(21,22)23/h3,5,7,9,14H,4,6,8,10-11H2,1-2H3/t14-/m0/s1. The third-order valence-electron chi connectivity index (χ3n) is 5.00. The third kappa shape index (κ3) is 4.35. The van der Waals surface area contributed by atoms with E-state index in [1.807, 2.05) is 6.92 Å². The zero-order valence-electron chi connectivity index (χ0n) is 15.2. The van der Waals surface area contributed by atoms with E-state index in [2.05, 4.69) is 10.00 Å². The van der Waals surface area contributed by atoms with Crippen molar-refractivity contribution in [2.75, 3.05) is 13.1 Å². The number of aryl methyl sites for hydroxylation is 2. The fourth-order valence-electron chi connectivity index (χ4n) is 3.57. The number of carbonyl (C=O) groups is 1. The van der Waals surface area contributed by atoms with Crippen LogP contribution in [0.1, 0.15) is 40.0 Å². The van der Waals surface area contributed by atoms with E-state index >= 15 is 0 Å². The lowest BCUT2D eigenvalue weighted by molar-refractivity contribution is -0.137. The first kappa shape index (κ1) is 19.9. The Morgan fingerprint density at radius 2 is 2.11 bits per heavy atom. The quantitative estimate of drug-likeness (QED) is 0.711. The van der Waals surface area contributed by atoms with E-state index in [1.54, 1.807) is 11.7 Å². The van der Waals surface area contributed by atoms with Gasteiger partial charge < -0.3 is 0 Å². The molecule has 8 heteroatoms. The number of nitrogens with zero attached hydrogens (tertiary/aromatic N) is 3. The van der Waals surface area contributed by atoms with Crippen LogP contribution in [0.2, 0.25) is 5.15 Å². The van der Waals surface area contributed by atoms with Crippen molar-refractivity contribution in [2.24, 2.45) is 13.0 Å². The van der Waals surface area contributed by atoms with Gasteiger partial charge in [0, 0.05) is 37.2 Å². The molecule has 3 rings (SSSR count). The zero-order valence-corrected chi connectivity index (χ0v) is 15.9. The predicted octanol–water partition coefficient (Wildman–Crippen LogP) is 4.50. The molecule has 1 fully saturated rings. The van der Waals surface area contributed by atoms with E-state index in [9.17, 15) is 18.0 Å². The SMILES string of the molecule is Cc1nn(C)c(Cl)c1CN1CCC[C@H](C(=O)c2cccc(C(F)(F)F)c2)C1. The molecule has 27 heavy (non-hydrogen) atoms. The van der Waals surface area contributed by atoms with Crippen LogP contribution < -0.4 is 0 Å². The molecule has 0 spiro atoms. The van der Waals surface area contributed by atoms with Gasteiger partial charge in [-0.25, -0.2) is 0 Å². The van der Waals surface area contributed by atoms with E-state index in [1.165, 1.54) is 12.1 Å². The van der Waals surface area contributed by atoms with Gasteiger partial charge in [0.05, 0.1) is 11.3 Å². The molecule has 0 N–H and O–H groups in total. The summed E-state index contributed by atoms with van der Waals surface area (Å²) in [5.41, 5.74) is 1.09. The van der Waals surface area contributed by atoms with Crippen LogP contribution in [0, 0.1) is 12.8 Å². The van der Waals surface area contributed by atoms with Gasteiger partial charge in [0.25, 0.3) is 0 Å². The highest BCUT2D eigenvalue weighted by Gasteiger charge is 2.32. The molecular weight excluding hydrogens is 379 g/mol. The van der Waals surface area contributed by atoms with Crippen molar-refractivity contribution in [3.05, 3.63) is 51.8 Å². The Kier molecular flexibility index (Phi) is 5.63. The lowest BCUT2D eigenvalue weighted by atomic mass is 9.89. The van der Waals surface area contributed by atoms with Crippen molar-refractivity contribution in [1.29, 1.82) is 0 Å². The highest BCUT2D eigenvalue weighted by molar-refractivity contribution is 6.30. The number of piperidine rings is 1. The summed E-state index contributed by atoms with van der Waals surface area (Å²) < 4.78 is 40.4. The molecule has 1 atom stereocenters. The van der Waals surface area contributed by atoms with Gasteiger partial charge in [0.1, 0.15) is 5.15 Å². The van der Waals surface area contributed by atoms with Crippen LogP contribution in [0.4, 0.5) is 13.2 Å². The summed E-state index contributed by atoms with van der Waals surface area (Å²) in [4.78, 5) is 14.9. The average Bonchev–Trinajstić information content (AvgIpc) is 2.87. The molecule has 1 saturated heterocycles. The number of hydrogen-bond donors (Lipinski definition) is 0. The van der Waals surface area contributed by atoms with Crippen molar-refractivity contribution in [3.63, 3.8) is 0 Å². The molecule has 4 nitrogen and oxygen atoms in total. The van der Waals surface area contributed by atoms with Gasteiger partial charge >= 0.3 is 6.18 Å². The Hall–Kier alpha value is -1.86. The van der Waals surface area contributed by atoms with Crippen LogP contribution in [0.25, 0.3) is 0 Å². The van der Waals surface area contributed by atoms with E-state index in [-0.39, 0.29) is 17.3 Å². The number of alkyl halides is 3. The summed E-state index contributed by atoms with van der Waals surface area (Å²) in [6.45, 7) is 3.78. The maximum atomic E-state index is 12.9. The molecular formula is C19H21ClF3N3O. The van der Waals surface area contributed by atoms with E-state index in [0.29, 0.717) is 24.7 Å². The monoisotopic (exact) mass is 399 g/mol. The maximum absolute atomic E-state index is 12.9. The first-order valence-corrected chi connectivity index (χ1v) is 9.16. The van der Waals surface area contributed by atoms with E-state index in [0.717, 1.165) is 36.4 Å². The normalized spacial score (nSPS) is 18.7. The molecule has 0 radical (unpaired) electrons. The highest BCUT2D eigenvalue weighted by atomic mass is 35.5. The van der Waals surface area contributed by atoms with Crippen LogP contribution in [0.3, 0.4) is 0 Å². The zero-order chi connectivity index (χ0) is 19.8. The second kappa shape index (κ2) is 7.64. The van der Waals surface area contributed by atoms with Crippen LogP contribution in [-0.4, -0.2) is 33.6 Å². The molecule has 1 aromatic heterocycles. The van der Waals surface area contributed by atoms with Crippen molar-refractivity contribution in [2.45, 2.75) is 32.5 Å². The van der Waals surface area contributed by atoms with Gasteiger partial charge in [0.2, 0.25) is 0 Å². The number of hydrogen-bond acceptors (Lipinski definition) is 3. The first-order valence-electron chi connectivity index (χ1n) is 8.78. The lowest BCUT2D eigenvalue weighted by Crippen LogP contribution is -2.38. The smallest absolute Gasteiger partial charge is 0.298 e. The van der Waals surface area contributed by atoms with Gasteiger partial charge in [-0.3, -0.25) is 14.4 Å². The number of halogens is 4. The molecule has 0 amide bonds. The average molecular weight is 400 g/mol. The van der Waals surface area contributed by atoms with Crippen LogP contribution in [-0.2, 0) is 19.8 Å². The second-order valence-electron chi connectivity index (χ2n) is 7.00. The Balaban J connectivity index is 1.73. The van der Waals surface area contributed by atoms with Crippen LogP contribution >= 0.6 is 11.6 Å². The van der Waals surface area contributed by atoms with Crippen LogP contribution in [0.5, 0.6) is 0 Å². The molecule has 2 heterocycles. The Labute approximate surface area is 160 Å². The highest BCUT2D eigenvalue weighted by Crippen LogP contribution is 2.31. The number of ketones is 1. The predicted molar refractivity (Wildman–Crippen MR) is 96.7 cm³/mol. The minimum absolute atomic E-state index is 0.118. The fraction of sp³-hybridized carbons (Fsp3) is 0.474. The Bertz CT molecular complexity index is 847. The molecule has 1 aliphatic heterocycles. The van der Waals surface area contributed by atoms with Crippen molar-refractivity contribution in [3.8, 4) is 0 Å². The molecule has 146 valence electrons.